The predicted octanol–water partition coefficient (Wildman–Crippen LogP) is 6.04. The van der Waals surface area contributed by atoms with Gasteiger partial charge in [-0.1, -0.05) is 32.9 Å². The molecule has 1 aromatic heterocycles. The van der Waals surface area contributed by atoms with E-state index in [-0.39, 0.29) is 29.0 Å². The van der Waals surface area contributed by atoms with Gasteiger partial charge in [0.25, 0.3) is 5.91 Å². The Hall–Kier alpha value is -4.13. The number of ether oxygens (including phenoxy) is 2. The third kappa shape index (κ3) is 5.43. The molecule has 0 unspecified atom stereocenters. The fourth-order valence-corrected chi connectivity index (χ4v) is 3.28. The molecule has 4 rings (SSSR count). The number of fused-ring (bicyclic) bond motifs is 1. The summed E-state index contributed by atoms with van der Waals surface area (Å²) in [6.45, 7) is 6.10. The van der Waals surface area contributed by atoms with Crippen molar-refractivity contribution >= 4 is 22.6 Å². The normalized spacial score (nSPS) is 11.3. The van der Waals surface area contributed by atoms with Gasteiger partial charge in [0.1, 0.15) is 29.2 Å². The van der Waals surface area contributed by atoms with E-state index >= 15 is 0 Å². The number of hydrogen-bond donors (Lipinski definition) is 1. The fourth-order valence-electron chi connectivity index (χ4n) is 3.28. The van der Waals surface area contributed by atoms with Crippen LogP contribution in [0.15, 0.2) is 82.2 Å². The summed E-state index contributed by atoms with van der Waals surface area (Å²) < 4.78 is 29.8. The van der Waals surface area contributed by atoms with Gasteiger partial charge in [0.2, 0.25) is 11.2 Å². The summed E-state index contributed by atoms with van der Waals surface area (Å²) in [6, 6.07) is 17.6. The first kappa shape index (κ1) is 23.0. The van der Waals surface area contributed by atoms with E-state index < -0.39 is 5.91 Å². The Balaban J connectivity index is 1.43. The highest BCUT2D eigenvalue weighted by Gasteiger charge is 2.15. The monoisotopic (exact) mass is 461 g/mol. The number of anilines is 1. The van der Waals surface area contributed by atoms with Gasteiger partial charge in [0.05, 0.1) is 5.39 Å². The van der Waals surface area contributed by atoms with Gasteiger partial charge in [-0.05, 0) is 59.5 Å². The zero-order valence-electron chi connectivity index (χ0n) is 19.1. The maximum absolute atomic E-state index is 13.0. The molecule has 3 aromatic carbocycles. The predicted molar refractivity (Wildman–Crippen MR) is 128 cm³/mol. The number of halogens is 1. The first-order valence-electron chi connectivity index (χ1n) is 10.7. The van der Waals surface area contributed by atoms with Crippen molar-refractivity contribution in [2.45, 2.75) is 26.2 Å². The van der Waals surface area contributed by atoms with Crippen LogP contribution in [0.2, 0.25) is 0 Å². The molecule has 1 N–H and O–H groups in total. The number of hydrogen-bond acceptors (Lipinski definition) is 5. The van der Waals surface area contributed by atoms with Gasteiger partial charge in [0.15, 0.2) is 6.61 Å². The van der Waals surface area contributed by atoms with Crippen molar-refractivity contribution in [3.05, 3.63) is 94.6 Å². The molecule has 7 heteroatoms. The number of carbonyl (C=O) groups is 1. The van der Waals surface area contributed by atoms with Crippen molar-refractivity contribution in [1.29, 1.82) is 0 Å². The second kappa shape index (κ2) is 9.39. The van der Waals surface area contributed by atoms with Gasteiger partial charge in [0, 0.05) is 11.8 Å². The molecule has 4 aromatic rings. The van der Waals surface area contributed by atoms with Gasteiger partial charge in [-0.25, -0.2) is 4.39 Å². The van der Waals surface area contributed by atoms with Gasteiger partial charge in [-0.2, -0.15) is 0 Å². The molecule has 34 heavy (non-hydrogen) atoms. The van der Waals surface area contributed by atoms with E-state index in [1.54, 1.807) is 12.1 Å². The van der Waals surface area contributed by atoms with E-state index in [9.17, 15) is 14.0 Å². The molecule has 0 aliphatic heterocycles. The molecule has 0 saturated heterocycles. The average molecular weight is 461 g/mol. The molecular formula is C27H24FNO5. The Bertz CT molecular complexity index is 1370. The van der Waals surface area contributed by atoms with Crippen LogP contribution in [0.1, 0.15) is 26.3 Å². The summed E-state index contributed by atoms with van der Waals surface area (Å²) in [4.78, 5) is 24.9. The van der Waals surface area contributed by atoms with E-state index in [0.717, 1.165) is 5.56 Å². The first-order valence-corrected chi connectivity index (χ1v) is 10.7. The highest BCUT2D eigenvalue weighted by atomic mass is 19.1. The Morgan fingerprint density at radius 2 is 1.65 bits per heavy atom. The third-order valence-electron chi connectivity index (χ3n) is 5.16. The Morgan fingerprint density at radius 1 is 0.971 bits per heavy atom. The van der Waals surface area contributed by atoms with Crippen LogP contribution in [0.4, 0.5) is 10.1 Å². The summed E-state index contributed by atoms with van der Waals surface area (Å²) in [7, 11) is 0. The van der Waals surface area contributed by atoms with Crippen LogP contribution < -0.4 is 20.2 Å². The van der Waals surface area contributed by atoms with E-state index in [1.807, 2.05) is 24.3 Å². The van der Waals surface area contributed by atoms with Gasteiger partial charge in [-0.15, -0.1) is 0 Å². The SMILES string of the molecule is CC(C)(C)c1ccc(Oc2coc3cc(OCC(=O)Nc4ccc(F)cc4)ccc3c2=O)cc1. The van der Waals surface area contributed by atoms with Crippen molar-refractivity contribution in [3.63, 3.8) is 0 Å². The number of amides is 1. The largest absolute Gasteiger partial charge is 0.484 e. The van der Waals surface area contributed by atoms with Crippen LogP contribution in [0.25, 0.3) is 11.0 Å². The molecular weight excluding hydrogens is 437 g/mol. The molecule has 1 amide bonds. The Morgan fingerprint density at radius 3 is 2.32 bits per heavy atom. The summed E-state index contributed by atoms with van der Waals surface area (Å²) >= 11 is 0. The quantitative estimate of drug-likeness (QED) is 0.379. The highest BCUT2D eigenvalue weighted by Crippen LogP contribution is 2.27. The molecule has 0 bridgehead atoms. The van der Waals surface area contributed by atoms with E-state index in [0.29, 0.717) is 28.2 Å². The third-order valence-corrected chi connectivity index (χ3v) is 5.16. The summed E-state index contributed by atoms with van der Waals surface area (Å²) in [6.07, 6.45) is 1.26. The number of benzene rings is 3. The molecule has 1 heterocycles. The Labute approximate surface area is 195 Å². The molecule has 0 fully saturated rings. The minimum absolute atomic E-state index is 0.0158. The second-order valence-electron chi connectivity index (χ2n) is 8.81. The fraction of sp³-hybridized carbons (Fsp3) is 0.185. The number of rotatable bonds is 6. The molecule has 0 atom stereocenters. The van der Waals surface area contributed by atoms with Crippen LogP contribution in [0.5, 0.6) is 17.2 Å². The van der Waals surface area contributed by atoms with Crippen LogP contribution in [0.3, 0.4) is 0 Å². The summed E-state index contributed by atoms with van der Waals surface area (Å²) in [5.41, 5.74) is 1.62. The minimum Gasteiger partial charge on any atom is -0.484 e. The van der Waals surface area contributed by atoms with Gasteiger partial charge >= 0.3 is 0 Å². The number of nitrogens with one attached hydrogen (secondary N) is 1. The standard InChI is InChI=1S/C27H24FNO5/c1-27(2,3)17-4-10-20(11-5-17)34-24-15-33-23-14-21(12-13-22(23)26(24)31)32-16-25(30)29-19-8-6-18(28)7-9-19/h4-15H,16H2,1-3H3,(H,29,30). The van der Waals surface area contributed by atoms with Crippen LogP contribution in [-0.4, -0.2) is 12.5 Å². The van der Waals surface area contributed by atoms with Crippen molar-refractivity contribution in [2.75, 3.05) is 11.9 Å². The summed E-state index contributed by atoms with van der Waals surface area (Å²) in [5, 5.41) is 2.93. The van der Waals surface area contributed by atoms with Gasteiger partial charge < -0.3 is 19.2 Å². The molecule has 0 saturated carbocycles. The molecule has 174 valence electrons. The van der Waals surface area contributed by atoms with Crippen molar-refractivity contribution in [2.24, 2.45) is 0 Å². The van der Waals surface area contributed by atoms with Crippen molar-refractivity contribution in [1.82, 2.24) is 0 Å². The summed E-state index contributed by atoms with van der Waals surface area (Å²) in [5.74, 6) is 0.166. The Kier molecular flexibility index (Phi) is 6.36. The molecule has 0 spiro atoms. The first-order chi connectivity index (χ1) is 16.2. The van der Waals surface area contributed by atoms with Crippen molar-refractivity contribution in [3.8, 4) is 17.2 Å². The lowest BCUT2D eigenvalue weighted by molar-refractivity contribution is -0.118. The van der Waals surface area contributed by atoms with E-state index in [2.05, 4.69) is 26.1 Å². The smallest absolute Gasteiger partial charge is 0.262 e. The highest BCUT2D eigenvalue weighted by molar-refractivity contribution is 5.91. The van der Waals surface area contributed by atoms with Crippen molar-refractivity contribution < 1.29 is 23.1 Å². The number of carbonyl (C=O) groups excluding carboxylic acids is 1. The van der Waals surface area contributed by atoms with Crippen LogP contribution in [-0.2, 0) is 10.2 Å². The zero-order valence-corrected chi connectivity index (χ0v) is 19.1. The topological polar surface area (TPSA) is 77.8 Å². The maximum atomic E-state index is 13.0. The molecule has 0 aliphatic carbocycles. The minimum atomic E-state index is -0.408. The average Bonchev–Trinajstić information content (AvgIpc) is 2.81. The van der Waals surface area contributed by atoms with Crippen LogP contribution in [0, 0.1) is 5.82 Å². The molecule has 6 nitrogen and oxygen atoms in total. The maximum Gasteiger partial charge on any atom is 0.262 e. The molecule has 0 aliphatic rings. The zero-order chi connectivity index (χ0) is 24.3. The lowest BCUT2D eigenvalue weighted by atomic mass is 9.87. The second-order valence-corrected chi connectivity index (χ2v) is 8.81. The van der Waals surface area contributed by atoms with Gasteiger partial charge in [-0.3, -0.25) is 9.59 Å². The van der Waals surface area contributed by atoms with E-state index in [4.69, 9.17) is 13.9 Å². The lowest BCUT2D eigenvalue weighted by Gasteiger charge is -2.19. The molecule has 0 radical (unpaired) electrons. The lowest BCUT2D eigenvalue weighted by Crippen LogP contribution is -2.20. The van der Waals surface area contributed by atoms with E-state index in [1.165, 1.54) is 36.6 Å². The van der Waals surface area contributed by atoms with Crippen LogP contribution >= 0.6 is 0 Å².